The van der Waals surface area contributed by atoms with Gasteiger partial charge in [-0.3, -0.25) is 9.89 Å². The monoisotopic (exact) mass is 294 g/mol. The Hall–Kier alpha value is -1.87. The van der Waals surface area contributed by atoms with Crippen LogP contribution in [-0.4, -0.2) is 29.9 Å². The van der Waals surface area contributed by atoms with Crippen LogP contribution < -0.4 is 4.74 Å². The zero-order valence-corrected chi connectivity index (χ0v) is 13.1. The Bertz CT molecular complexity index is 718. The van der Waals surface area contributed by atoms with Gasteiger partial charge in [0.1, 0.15) is 11.4 Å². The summed E-state index contributed by atoms with van der Waals surface area (Å²) >= 11 is 0. The number of ether oxygens (including phenoxy) is 1. The van der Waals surface area contributed by atoms with E-state index in [1.807, 2.05) is 0 Å². The first-order valence-corrected chi connectivity index (χ1v) is 8.33. The summed E-state index contributed by atoms with van der Waals surface area (Å²) < 4.78 is 6.53. The molecule has 0 aromatic heterocycles. The van der Waals surface area contributed by atoms with Gasteiger partial charge in [0.15, 0.2) is 5.72 Å². The minimum Gasteiger partial charge on any atom is -0.465 e. The minimum absolute atomic E-state index is 0.347. The van der Waals surface area contributed by atoms with Gasteiger partial charge >= 0.3 is 0 Å². The van der Waals surface area contributed by atoms with Gasteiger partial charge in [-0.25, -0.2) is 0 Å². The fraction of sp³-hybridized carbons (Fsp3) is 0.421. The van der Waals surface area contributed by atoms with Crippen molar-refractivity contribution in [2.75, 3.05) is 13.1 Å². The smallest absolute Gasteiger partial charge is 0.199 e. The van der Waals surface area contributed by atoms with E-state index in [4.69, 9.17) is 9.73 Å². The molecule has 1 unspecified atom stereocenters. The second-order valence-corrected chi connectivity index (χ2v) is 6.28. The summed E-state index contributed by atoms with van der Waals surface area (Å²) in [5, 5.41) is 2.38. The van der Waals surface area contributed by atoms with Gasteiger partial charge in [0.05, 0.1) is 6.21 Å². The molecule has 0 saturated carbocycles. The fourth-order valence-corrected chi connectivity index (χ4v) is 3.71. The van der Waals surface area contributed by atoms with Crippen LogP contribution in [0.1, 0.15) is 32.6 Å². The molecule has 2 aliphatic heterocycles. The fourth-order valence-electron chi connectivity index (χ4n) is 3.71. The van der Waals surface area contributed by atoms with Crippen molar-refractivity contribution >= 4 is 22.7 Å². The summed E-state index contributed by atoms with van der Waals surface area (Å²) in [6, 6.07) is 12.6. The van der Waals surface area contributed by atoms with E-state index < -0.39 is 0 Å². The zero-order valence-electron chi connectivity index (χ0n) is 13.1. The lowest BCUT2D eigenvalue weighted by atomic mass is 10.0. The third-order valence-corrected chi connectivity index (χ3v) is 4.80. The second kappa shape index (κ2) is 5.40. The van der Waals surface area contributed by atoms with Gasteiger partial charge in [-0.1, -0.05) is 43.7 Å². The lowest BCUT2D eigenvalue weighted by Crippen LogP contribution is -2.54. The van der Waals surface area contributed by atoms with Crippen LogP contribution in [0.2, 0.25) is 0 Å². The molecule has 0 radical (unpaired) electrons. The SMILES string of the molecule is CCCC1(N2CCCC2)C=Nc2c(ccc3ccccc23)O1. The van der Waals surface area contributed by atoms with E-state index in [2.05, 4.69) is 54.4 Å². The summed E-state index contributed by atoms with van der Waals surface area (Å²) in [5.74, 6) is 0.918. The minimum atomic E-state index is -0.347. The topological polar surface area (TPSA) is 24.8 Å². The molecular formula is C19H22N2O. The van der Waals surface area contributed by atoms with Crippen molar-refractivity contribution in [2.24, 2.45) is 4.99 Å². The van der Waals surface area contributed by atoms with Crippen molar-refractivity contribution in [1.82, 2.24) is 4.90 Å². The predicted molar refractivity (Wildman–Crippen MR) is 91.2 cm³/mol. The van der Waals surface area contributed by atoms with Crippen molar-refractivity contribution < 1.29 is 4.74 Å². The summed E-state index contributed by atoms with van der Waals surface area (Å²) in [6.07, 6.45) is 6.64. The molecule has 1 saturated heterocycles. The van der Waals surface area contributed by atoms with E-state index in [1.54, 1.807) is 0 Å². The maximum Gasteiger partial charge on any atom is 0.199 e. The number of hydrogen-bond donors (Lipinski definition) is 0. The molecule has 1 atom stereocenters. The van der Waals surface area contributed by atoms with Crippen molar-refractivity contribution in [2.45, 2.75) is 38.3 Å². The molecule has 0 aliphatic carbocycles. The van der Waals surface area contributed by atoms with E-state index in [-0.39, 0.29) is 5.72 Å². The van der Waals surface area contributed by atoms with Crippen LogP contribution in [0.15, 0.2) is 41.4 Å². The van der Waals surface area contributed by atoms with Crippen LogP contribution in [0.3, 0.4) is 0 Å². The molecule has 2 aromatic rings. The Morgan fingerprint density at radius 2 is 1.95 bits per heavy atom. The van der Waals surface area contributed by atoms with Crippen LogP contribution in [0.4, 0.5) is 5.69 Å². The highest BCUT2D eigenvalue weighted by molar-refractivity contribution is 5.98. The van der Waals surface area contributed by atoms with Gasteiger partial charge in [-0.15, -0.1) is 0 Å². The van der Waals surface area contributed by atoms with Crippen LogP contribution in [-0.2, 0) is 0 Å². The van der Waals surface area contributed by atoms with Crippen molar-refractivity contribution in [1.29, 1.82) is 0 Å². The molecule has 0 N–H and O–H groups in total. The number of fused-ring (bicyclic) bond motifs is 3. The zero-order chi connectivity index (χ0) is 15.0. The molecule has 22 heavy (non-hydrogen) atoms. The number of hydrogen-bond acceptors (Lipinski definition) is 3. The van der Waals surface area contributed by atoms with Crippen molar-refractivity contribution in [3.8, 4) is 5.75 Å². The molecule has 2 heterocycles. The average Bonchev–Trinajstić information content (AvgIpc) is 3.10. The number of aliphatic imine (C=N–C) groups is 1. The summed E-state index contributed by atoms with van der Waals surface area (Å²) in [4.78, 5) is 7.30. The first kappa shape index (κ1) is 13.8. The van der Waals surface area contributed by atoms with Gasteiger partial charge < -0.3 is 4.74 Å². The van der Waals surface area contributed by atoms with E-state index in [1.165, 1.54) is 23.6 Å². The molecule has 0 amide bonds. The molecule has 2 aliphatic rings. The highest BCUT2D eigenvalue weighted by Crippen LogP contribution is 2.42. The number of nitrogens with zero attached hydrogens (tertiary/aromatic N) is 2. The number of likely N-dealkylation sites (tertiary alicyclic amines) is 1. The standard InChI is InChI=1S/C19H22N2O/c1-2-11-19(21-12-5-6-13-21)14-20-18-16-8-4-3-7-15(16)9-10-17(18)22-19/h3-4,7-10,14H,2,5-6,11-13H2,1H3. The first-order valence-electron chi connectivity index (χ1n) is 8.33. The summed E-state index contributed by atoms with van der Waals surface area (Å²) in [7, 11) is 0. The van der Waals surface area contributed by atoms with Gasteiger partial charge in [0.2, 0.25) is 0 Å². The molecule has 3 nitrogen and oxygen atoms in total. The van der Waals surface area contributed by atoms with Crippen molar-refractivity contribution in [3.05, 3.63) is 36.4 Å². The third kappa shape index (κ3) is 2.12. The normalized spacial score (nSPS) is 24.4. The van der Waals surface area contributed by atoms with Crippen LogP contribution >= 0.6 is 0 Å². The Kier molecular flexibility index (Phi) is 3.38. The molecule has 3 heteroatoms. The average molecular weight is 294 g/mol. The summed E-state index contributed by atoms with van der Waals surface area (Å²) in [5.41, 5.74) is 0.629. The molecular weight excluding hydrogens is 272 g/mol. The van der Waals surface area contributed by atoms with Gasteiger partial charge in [-0.05, 0) is 24.3 Å². The molecule has 2 aromatic carbocycles. The number of benzene rings is 2. The number of rotatable bonds is 3. The van der Waals surface area contributed by atoms with Crippen LogP contribution in [0.25, 0.3) is 10.8 Å². The predicted octanol–water partition coefficient (Wildman–Crippen LogP) is 4.53. The van der Waals surface area contributed by atoms with Crippen LogP contribution in [0, 0.1) is 0 Å². The maximum absolute atomic E-state index is 6.53. The Balaban J connectivity index is 1.79. The van der Waals surface area contributed by atoms with Crippen LogP contribution in [0.5, 0.6) is 5.75 Å². The van der Waals surface area contributed by atoms with E-state index in [0.717, 1.165) is 37.4 Å². The Morgan fingerprint density at radius 3 is 2.77 bits per heavy atom. The first-order chi connectivity index (χ1) is 10.8. The molecule has 114 valence electrons. The van der Waals surface area contributed by atoms with Gasteiger partial charge in [-0.2, -0.15) is 0 Å². The highest BCUT2D eigenvalue weighted by atomic mass is 16.5. The van der Waals surface area contributed by atoms with E-state index in [0.29, 0.717) is 0 Å². The maximum atomic E-state index is 6.53. The largest absolute Gasteiger partial charge is 0.465 e. The van der Waals surface area contributed by atoms with Gasteiger partial charge in [0.25, 0.3) is 0 Å². The Labute approximate surface area is 131 Å². The van der Waals surface area contributed by atoms with Crippen molar-refractivity contribution in [3.63, 3.8) is 0 Å². The van der Waals surface area contributed by atoms with E-state index in [9.17, 15) is 0 Å². The summed E-state index contributed by atoms with van der Waals surface area (Å²) in [6.45, 7) is 4.43. The molecule has 4 rings (SSSR count). The lowest BCUT2D eigenvalue weighted by molar-refractivity contribution is -0.0175. The Morgan fingerprint density at radius 1 is 1.14 bits per heavy atom. The van der Waals surface area contributed by atoms with Gasteiger partial charge in [0, 0.05) is 24.9 Å². The quantitative estimate of drug-likeness (QED) is 0.831. The lowest BCUT2D eigenvalue weighted by Gasteiger charge is -2.41. The molecule has 1 fully saturated rings. The highest BCUT2D eigenvalue weighted by Gasteiger charge is 2.40. The molecule has 0 bridgehead atoms. The second-order valence-electron chi connectivity index (χ2n) is 6.28. The molecule has 0 spiro atoms. The third-order valence-electron chi connectivity index (χ3n) is 4.80. The van der Waals surface area contributed by atoms with E-state index >= 15 is 0 Å².